The maximum absolute atomic E-state index is 12.3. The van der Waals surface area contributed by atoms with Gasteiger partial charge in [-0.05, 0) is 18.8 Å². The summed E-state index contributed by atoms with van der Waals surface area (Å²) in [4.78, 5) is 15.5. The fourth-order valence-corrected chi connectivity index (χ4v) is 2.42. The summed E-state index contributed by atoms with van der Waals surface area (Å²) in [6.45, 7) is 6.07. The van der Waals surface area contributed by atoms with E-state index in [0.717, 1.165) is 25.8 Å². The number of amides is 2. The second-order valence-electron chi connectivity index (χ2n) is 5.81. The molecule has 0 aliphatic carbocycles. The van der Waals surface area contributed by atoms with Gasteiger partial charge >= 0.3 is 6.03 Å². The molecule has 4 nitrogen and oxygen atoms in total. The average Bonchev–Trinajstić information content (AvgIpc) is 2.40. The molecule has 2 amide bonds. The molecule has 20 heavy (non-hydrogen) atoms. The fourth-order valence-electron chi connectivity index (χ4n) is 2.42. The van der Waals surface area contributed by atoms with Gasteiger partial charge in [-0.15, -0.1) is 0 Å². The van der Waals surface area contributed by atoms with Crippen LogP contribution in [0.2, 0.25) is 0 Å². The molecule has 0 aromatic carbocycles. The van der Waals surface area contributed by atoms with E-state index in [9.17, 15) is 13.6 Å². The van der Waals surface area contributed by atoms with Gasteiger partial charge in [0.1, 0.15) is 0 Å². The Bertz CT molecular complexity index is 294. The molecule has 1 N–H and O–H groups in total. The highest BCUT2D eigenvalue weighted by atomic mass is 19.3. The molecule has 0 aromatic rings. The van der Waals surface area contributed by atoms with E-state index in [4.69, 9.17) is 0 Å². The van der Waals surface area contributed by atoms with Crippen LogP contribution in [0.25, 0.3) is 0 Å². The van der Waals surface area contributed by atoms with Gasteiger partial charge in [0.05, 0.1) is 6.54 Å². The summed E-state index contributed by atoms with van der Waals surface area (Å²) in [6, 6.07) is 0.0495. The number of piperidine rings is 1. The fraction of sp³-hybridized carbons (Fsp3) is 0.929. The van der Waals surface area contributed by atoms with Crippen LogP contribution in [0.3, 0.4) is 0 Å². The molecule has 1 aliphatic rings. The lowest BCUT2D eigenvalue weighted by atomic mass is 10.1. The number of rotatable bonds is 6. The number of carbonyl (C=O) groups excluding carboxylic acids is 1. The van der Waals surface area contributed by atoms with Crippen molar-refractivity contribution in [3.05, 3.63) is 0 Å². The number of nitrogens with one attached hydrogen (secondary N) is 1. The van der Waals surface area contributed by atoms with Gasteiger partial charge in [-0.3, -0.25) is 4.90 Å². The van der Waals surface area contributed by atoms with Crippen LogP contribution in [0.15, 0.2) is 0 Å². The van der Waals surface area contributed by atoms with Crippen LogP contribution >= 0.6 is 0 Å². The van der Waals surface area contributed by atoms with Crippen LogP contribution in [0, 0.1) is 5.92 Å². The van der Waals surface area contributed by atoms with Gasteiger partial charge in [0.15, 0.2) is 0 Å². The molecule has 0 bridgehead atoms. The van der Waals surface area contributed by atoms with Crippen molar-refractivity contribution in [2.24, 2.45) is 5.92 Å². The number of alkyl halides is 2. The van der Waals surface area contributed by atoms with Crippen LogP contribution in [0.4, 0.5) is 13.6 Å². The van der Waals surface area contributed by atoms with Crippen molar-refractivity contribution in [1.82, 2.24) is 15.1 Å². The van der Waals surface area contributed by atoms with Crippen molar-refractivity contribution >= 4 is 6.03 Å². The van der Waals surface area contributed by atoms with Crippen molar-refractivity contribution < 1.29 is 13.6 Å². The molecule has 1 saturated heterocycles. The number of likely N-dealkylation sites (tertiary alicyclic amines) is 1. The first-order valence-corrected chi connectivity index (χ1v) is 7.44. The van der Waals surface area contributed by atoms with Crippen LogP contribution in [-0.2, 0) is 0 Å². The zero-order chi connectivity index (χ0) is 15.1. The molecule has 118 valence electrons. The second kappa shape index (κ2) is 8.39. The number of nitrogens with zero attached hydrogens (tertiary/aromatic N) is 2. The maximum Gasteiger partial charge on any atom is 0.317 e. The third-order valence-corrected chi connectivity index (χ3v) is 3.94. The summed E-state index contributed by atoms with van der Waals surface area (Å²) in [5, 5.41) is 2.99. The van der Waals surface area contributed by atoms with E-state index in [1.807, 2.05) is 0 Å². The molecule has 0 saturated carbocycles. The Morgan fingerprint density at radius 2 is 2.00 bits per heavy atom. The molecular weight excluding hydrogens is 264 g/mol. The molecule has 0 aromatic heterocycles. The van der Waals surface area contributed by atoms with Crippen molar-refractivity contribution in [3.8, 4) is 0 Å². The standard InChI is InChI=1S/C14H27F2N3O/c1-4-11(2)9-18(3)14(20)17-12-5-7-19(8-6-12)10-13(15)16/h11-13H,4-10H2,1-3H3,(H,17,20)/t11-/m1/s1. The Labute approximate surface area is 120 Å². The smallest absolute Gasteiger partial charge is 0.317 e. The summed E-state index contributed by atoms with van der Waals surface area (Å²) in [7, 11) is 1.80. The lowest BCUT2D eigenvalue weighted by molar-refractivity contribution is 0.0731. The number of hydrogen-bond acceptors (Lipinski definition) is 2. The van der Waals surface area contributed by atoms with Gasteiger partial charge in [-0.25, -0.2) is 13.6 Å². The molecule has 0 unspecified atom stereocenters. The Morgan fingerprint density at radius 3 is 2.50 bits per heavy atom. The Morgan fingerprint density at radius 1 is 1.40 bits per heavy atom. The van der Waals surface area contributed by atoms with Gasteiger partial charge in [-0.2, -0.15) is 0 Å². The summed E-state index contributed by atoms with van der Waals surface area (Å²) in [5.74, 6) is 0.485. The van der Waals surface area contributed by atoms with Crippen LogP contribution in [0.5, 0.6) is 0 Å². The van der Waals surface area contributed by atoms with E-state index >= 15 is 0 Å². The molecule has 1 atom stereocenters. The number of carbonyl (C=O) groups is 1. The normalized spacial score (nSPS) is 19.1. The Hall–Kier alpha value is -0.910. The zero-order valence-corrected chi connectivity index (χ0v) is 12.7. The topological polar surface area (TPSA) is 35.6 Å². The number of halogens is 2. The monoisotopic (exact) mass is 291 g/mol. The van der Waals surface area contributed by atoms with Gasteiger partial charge in [-0.1, -0.05) is 20.3 Å². The lowest BCUT2D eigenvalue weighted by Gasteiger charge is -2.33. The molecule has 0 spiro atoms. The predicted octanol–water partition coefficient (Wildman–Crippen LogP) is 2.40. The van der Waals surface area contributed by atoms with Crippen molar-refractivity contribution in [2.45, 2.75) is 45.6 Å². The minimum Gasteiger partial charge on any atom is -0.335 e. The number of urea groups is 1. The zero-order valence-electron chi connectivity index (χ0n) is 12.7. The van der Waals surface area contributed by atoms with Gasteiger partial charge in [0, 0.05) is 32.7 Å². The Balaban J connectivity index is 2.27. The summed E-state index contributed by atoms with van der Waals surface area (Å²) in [5.41, 5.74) is 0. The van der Waals surface area contributed by atoms with Crippen LogP contribution in [0.1, 0.15) is 33.1 Å². The van der Waals surface area contributed by atoms with Crippen LogP contribution in [-0.4, -0.2) is 61.5 Å². The first kappa shape index (κ1) is 17.1. The largest absolute Gasteiger partial charge is 0.335 e. The minimum absolute atomic E-state index is 0.0578. The van der Waals surface area contributed by atoms with Gasteiger partial charge < -0.3 is 10.2 Å². The Kier molecular flexibility index (Phi) is 7.19. The third-order valence-electron chi connectivity index (χ3n) is 3.94. The van der Waals surface area contributed by atoms with E-state index in [2.05, 4.69) is 19.2 Å². The van der Waals surface area contributed by atoms with Gasteiger partial charge in [0.2, 0.25) is 0 Å². The highest BCUT2D eigenvalue weighted by Gasteiger charge is 2.23. The van der Waals surface area contributed by atoms with E-state index in [1.54, 1.807) is 16.8 Å². The van der Waals surface area contributed by atoms with Crippen molar-refractivity contribution in [3.63, 3.8) is 0 Å². The van der Waals surface area contributed by atoms with Crippen molar-refractivity contribution in [2.75, 3.05) is 33.2 Å². The third kappa shape index (κ3) is 6.03. The van der Waals surface area contributed by atoms with E-state index in [0.29, 0.717) is 19.0 Å². The first-order chi connectivity index (χ1) is 9.42. The molecule has 0 radical (unpaired) electrons. The second-order valence-corrected chi connectivity index (χ2v) is 5.81. The summed E-state index contributed by atoms with van der Waals surface area (Å²) >= 11 is 0. The minimum atomic E-state index is -2.28. The highest BCUT2D eigenvalue weighted by molar-refractivity contribution is 5.74. The van der Waals surface area contributed by atoms with Crippen LogP contribution < -0.4 is 5.32 Å². The molecule has 6 heteroatoms. The van der Waals surface area contributed by atoms with Gasteiger partial charge in [0.25, 0.3) is 6.43 Å². The predicted molar refractivity (Wildman–Crippen MR) is 76.1 cm³/mol. The van der Waals surface area contributed by atoms with E-state index in [-0.39, 0.29) is 18.6 Å². The molecule has 1 heterocycles. The average molecular weight is 291 g/mol. The molecule has 1 aliphatic heterocycles. The summed E-state index contributed by atoms with van der Waals surface area (Å²) in [6.07, 6.45) is 0.261. The highest BCUT2D eigenvalue weighted by Crippen LogP contribution is 2.12. The molecule has 1 fully saturated rings. The summed E-state index contributed by atoms with van der Waals surface area (Å²) < 4.78 is 24.5. The van der Waals surface area contributed by atoms with E-state index < -0.39 is 6.43 Å². The number of hydrogen-bond donors (Lipinski definition) is 1. The quantitative estimate of drug-likeness (QED) is 0.815. The SMILES string of the molecule is CC[C@@H](C)CN(C)C(=O)NC1CCN(CC(F)F)CC1. The lowest BCUT2D eigenvalue weighted by Crippen LogP contribution is -2.49. The maximum atomic E-state index is 12.3. The molecule has 1 rings (SSSR count). The molecular formula is C14H27F2N3O. The van der Waals surface area contributed by atoms with E-state index in [1.165, 1.54) is 0 Å². The van der Waals surface area contributed by atoms with Crippen molar-refractivity contribution in [1.29, 1.82) is 0 Å². The first-order valence-electron chi connectivity index (χ1n) is 7.44.